The molecule has 0 fully saturated rings. The van der Waals surface area contributed by atoms with E-state index in [0.29, 0.717) is 10.7 Å². The lowest BCUT2D eigenvalue weighted by Crippen LogP contribution is -2.01. The fraction of sp³-hybridized carbons (Fsp3) is 0.143. The molecule has 1 nitrogen and oxygen atoms in total. The molecule has 88 valence electrons. The molecule has 0 heterocycles. The van der Waals surface area contributed by atoms with Crippen molar-refractivity contribution in [2.45, 2.75) is 12.8 Å². The Kier molecular flexibility index (Phi) is 3.34. The fourth-order valence-electron chi connectivity index (χ4n) is 1.85. The zero-order chi connectivity index (χ0) is 12.4. The normalized spacial score (nSPS) is 12.4. The summed E-state index contributed by atoms with van der Waals surface area (Å²) in [7, 11) is 0. The van der Waals surface area contributed by atoms with Crippen LogP contribution in [0.15, 0.2) is 42.5 Å². The highest BCUT2D eigenvalue weighted by molar-refractivity contribution is 6.30. The molecule has 0 saturated carbocycles. The lowest BCUT2D eigenvalue weighted by molar-refractivity contribution is 0.626. The first-order chi connectivity index (χ1) is 8.08. The Bertz CT molecular complexity index is 522. The zero-order valence-corrected chi connectivity index (χ0v) is 10.2. The zero-order valence-electron chi connectivity index (χ0n) is 9.45. The molecule has 0 aliphatic carbocycles. The third-order valence-electron chi connectivity index (χ3n) is 2.89. The number of nitrogen functional groups attached to an aromatic ring is 1. The number of anilines is 1. The Labute approximate surface area is 105 Å². The maximum Gasteiger partial charge on any atom is 0.123 e. The highest BCUT2D eigenvalue weighted by Gasteiger charge is 2.12. The van der Waals surface area contributed by atoms with Crippen LogP contribution < -0.4 is 5.73 Å². The van der Waals surface area contributed by atoms with Crippen LogP contribution in [0.5, 0.6) is 0 Å². The lowest BCUT2D eigenvalue weighted by atomic mass is 9.92. The van der Waals surface area contributed by atoms with E-state index in [9.17, 15) is 4.39 Å². The Morgan fingerprint density at radius 3 is 2.41 bits per heavy atom. The fourth-order valence-corrected chi connectivity index (χ4v) is 2.03. The van der Waals surface area contributed by atoms with E-state index in [1.54, 1.807) is 24.3 Å². The summed E-state index contributed by atoms with van der Waals surface area (Å²) in [6.07, 6.45) is 0. The first-order valence-electron chi connectivity index (χ1n) is 5.38. The summed E-state index contributed by atoms with van der Waals surface area (Å²) in [4.78, 5) is 0. The van der Waals surface area contributed by atoms with Gasteiger partial charge in [0.05, 0.1) is 0 Å². The molecule has 0 aromatic heterocycles. The van der Waals surface area contributed by atoms with Crippen LogP contribution >= 0.6 is 11.6 Å². The van der Waals surface area contributed by atoms with E-state index in [-0.39, 0.29) is 11.7 Å². The summed E-state index contributed by atoms with van der Waals surface area (Å²) < 4.78 is 12.9. The predicted molar refractivity (Wildman–Crippen MR) is 69.8 cm³/mol. The van der Waals surface area contributed by atoms with Gasteiger partial charge < -0.3 is 5.73 Å². The molecule has 0 spiro atoms. The van der Waals surface area contributed by atoms with E-state index >= 15 is 0 Å². The molecular weight excluding hydrogens is 237 g/mol. The van der Waals surface area contributed by atoms with Crippen molar-refractivity contribution in [3.05, 3.63) is 64.4 Å². The van der Waals surface area contributed by atoms with Crippen LogP contribution in [0.1, 0.15) is 24.0 Å². The third kappa shape index (κ3) is 2.59. The summed E-state index contributed by atoms with van der Waals surface area (Å²) in [6, 6.07) is 11.8. The van der Waals surface area contributed by atoms with Crippen LogP contribution in [0.3, 0.4) is 0 Å². The van der Waals surface area contributed by atoms with Gasteiger partial charge in [0.1, 0.15) is 5.82 Å². The Hall–Kier alpha value is -1.54. The van der Waals surface area contributed by atoms with Gasteiger partial charge in [-0.3, -0.25) is 0 Å². The first kappa shape index (κ1) is 11.9. The van der Waals surface area contributed by atoms with E-state index in [4.69, 9.17) is 17.3 Å². The molecule has 0 aliphatic rings. The molecule has 1 unspecified atom stereocenters. The minimum Gasteiger partial charge on any atom is -0.398 e. The smallest absolute Gasteiger partial charge is 0.123 e. The highest BCUT2D eigenvalue weighted by Crippen LogP contribution is 2.30. The van der Waals surface area contributed by atoms with E-state index in [2.05, 4.69) is 0 Å². The van der Waals surface area contributed by atoms with Crippen molar-refractivity contribution in [3.8, 4) is 0 Å². The Morgan fingerprint density at radius 1 is 1.12 bits per heavy atom. The molecule has 0 bridgehead atoms. The van der Waals surface area contributed by atoms with Gasteiger partial charge in [0.2, 0.25) is 0 Å². The van der Waals surface area contributed by atoms with Crippen molar-refractivity contribution >= 4 is 17.3 Å². The standard InChI is InChI=1S/C14H13ClFN/c1-9(10-2-5-12(16)6-3-10)13-8-11(15)4-7-14(13)17/h2-9H,17H2,1H3. The number of nitrogens with two attached hydrogens (primary N) is 1. The first-order valence-corrected chi connectivity index (χ1v) is 5.76. The maximum absolute atomic E-state index is 12.9. The third-order valence-corrected chi connectivity index (χ3v) is 3.12. The maximum atomic E-state index is 12.9. The highest BCUT2D eigenvalue weighted by atomic mass is 35.5. The average Bonchev–Trinajstić information content (AvgIpc) is 2.32. The summed E-state index contributed by atoms with van der Waals surface area (Å²) in [5, 5.41) is 0.656. The molecule has 2 aromatic rings. The lowest BCUT2D eigenvalue weighted by Gasteiger charge is -2.15. The van der Waals surface area contributed by atoms with Gasteiger partial charge in [-0.15, -0.1) is 0 Å². The number of halogens is 2. The van der Waals surface area contributed by atoms with E-state index in [1.165, 1.54) is 12.1 Å². The molecule has 0 aliphatic heterocycles. The van der Waals surface area contributed by atoms with Crippen molar-refractivity contribution in [3.63, 3.8) is 0 Å². The van der Waals surface area contributed by atoms with Gasteiger partial charge in [-0.2, -0.15) is 0 Å². The van der Waals surface area contributed by atoms with E-state index < -0.39 is 0 Å². The molecule has 3 heteroatoms. The number of hydrogen-bond donors (Lipinski definition) is 1. The molecule has 0 amide bonds. The molecule has 0 saturated heterocycles. The SMILES string of the molecule is CC(c1ccc(F)cc1)c1cc(Cl)ccc1N. The summed E-state index contributed by atoms with van der Waals surface area (Å²) in [5.74, 6) is -0.144. The second-order valence-corrected chi connectivity index (χ2v) is 4.48. The largest absolute Gasteiger partial charge is 0.398 e. The van der Waals surface area contributed by atoms with Crippen molar-refractivity contribution in [2.24, 2.45) is 0 Å². The topological polar surface area (TPSA) is 26.0 Å². The van der Waals surface area contributed by atoms with E-state index in [0.717, 1.165) is 11.1 Å². The van der Waals surface area contributed by atoms with Crippen molar-refractivity contribution < 1.29 is 4.39 Å². The summed E-state index contributed by atoms with van der Waals surface area (Å²) >= 11 is 5.96. The second-order valence-electron chi connectivity index (χ2n) is 4.05. The van der Waals surface area contributed by atoms with Crippen LogP contribution in [-0.2, 0) is 0 Å². The van der Waals surface area contributed by atoms with Gasteiger partial charge in [0, 0.05) is 16.6 Å². The summed E-state index contributed by atoms with van der Waals surface area (Å²) in [5.41, 5.74) is 8.60. The molecule has 2 aromatic carbocycles. The van der Waals surface area contributed by atoms with Crippen LogP contribution in [0.25, 0.3) is 0 Å². The average molecular weight is 250 g/mol. The molecule has 2 N–H and O–H groups in total. The monoisotopic (exact) mass is 249 g/mol. The minimum absolute atomic E-state index is 0.0919. The van der Waals surface area contributed by atoms with Crippen molar-refractivity contribution in [2.75, 3.05) is 5.73 Å². The Balaban J connectivity index is 2.39. The van der Waals surface area contributed by atoms with Crippen LogP contribution in [0.4, 0.5) is 10.1 Å². The van der Waals surface area contributed by atoms with Crippen molar-refractivity contribution in [1.29, 1.82) is 0 Å². The number of hydrogen-bond acceptors (Lipinski definition) is 1. The predicted octanol–water partition coefficient (Wildman–Crippen LogP) is 4.21. The van der Waals surface area contributed by atoms with Gasteiger partial charge in [0.25, 0.3) is 0 Å². The molecule has 2 rings (SSSR count). The molecule has 1 atom stereocenters. The van der Waals surface area contributed by atoms with Crippen molar-refractivity contribution in [1.82, 2.24) is 0 Å². The van der Waals surface area contributed by atoms with Gasteiger partial charge in [0.15, 0.2) is 0 Å². The van der Waals surface area contributed by atoms with Gasteiger partial charge in [-0.05, 0) is 41.5 Å². The number of rotatable bonds is 2. The summed E-state index contributed by atoms with van der Waals surface area (Å²) in [6.45, 7) is 2.02. The molecular formula is C14H13ClFN. The van der Waals surface area contributed by atoms with Gasteiger partial charge in [-0.25, -0.2) is 4.39 Å². The van der Waals surface area contributed by atoms with Gasteiger partial charge in [-0.1, -0.05) is 30.7 Å². The van der Waals surface area contributed by atoms with Gasteiger partial charge >= 0.3 is 0 Å². The number of benzene rings is 2. The van der Waals surface area contributed by atoms with E-state index in [1.807, 2.05) is 13.0 Å². The van der Waals surface area contributed by atoms with Crippen LogP contribution in [-0.4, -0.2) is 0 Å². The molecule has 0 radical (unpaired) electrons. The minimum atomic E-state index is -0.236. The second kappa shape index (κ2) is 4.76. The molecule has 17 heavy (non-hydrogen) atoms. The van der Waals surface area contributed by atoms with Crippen LogP contribution in [0, 0.1) is 5.82 Å². The quantitative estimate of drug-likeness (QED) is 0.793. The van der Waals surface area contributed by atoms with Crippen LogP contribution in [0.2, 0.25) is 5.02 Å². The Morgan fingerprint density at radius 2 is 1.76 bits per heavy atom.